The van der Waals surface area contributed by atoms with Crippen molar-refractivity contribution in [3.63, 3.8) is 0 Å². The van der Waals surface area contributed by atoms with E-state index in [1.807, 2.05) is 18.2 Å². The van der Waals surface area contributed by atoms with Crippen LogP contribution in [0, 0.1) is 0 Å². The summed E-state index contributed by atoms with van der Waals surface area (Å²) in [5.41, 5.74) is 2.35. The zero-order chi connectivity index (χ0) is 12.3. The number of carbonyl (C=O) groups excluding carboxylic acids is 1. The number of aryl methyl sites for hydroxylation is 1. The zero-order valence-corrected chi connectivity index (χ0v) is 9.69. The lowest BCUT2D eigenvalue weighted by atomic mass is 9.79. The maximum Gasteiger partial charge on any atom is 0.303 e. The van der Waals surface area contributed by atoms with Gasteiger partial charge in [-0.3, -0.25) is 9.59 Å². The third-order valence-corrected chi connectivity index (χ3v) is 3.34. The number of benzene rings is 1. The second-order valence-electron chi connectivity index (χ2n) is 4.50. The van der Waals surface area contributed by atoms with Crippen molar-refractivity contribution in [2.45, 2.75) is 38.0 Å². The van der Waals surface area contributed by atoms with E-state index >= 15 is 0 Å². The number of carbonyl (C=O) groups is 2. The first-order chi connectivity index (χ1) is 8.18. The number of rotatable bonds is 4. The summed E-state index contributed by atoms with van der Waals surface area (Å²) >= 11 is 0. The van der Waals surface area contributed by atoms with Crippen molar-refractivity contribution in [2.75, 3.05) is 0 Å². The van der Waals surface area contributed by atoms with Crippen LogP contribution in [0.15, 0.2) is 24.3 Å². The zero-order valence-electron chi connectivity index (χ0n) is 9.69. The molecule has 0 bridgehead atoms. The Kier molecular flexibility index (Phi) is 3.57. The van der Waals surface area contributed by atoms with Crippen molar-refractivity contribution in [3.05, 3.63) is 35.4 Å². The first-order valence-electron chi connectivity index (χ1n) is 6.01. The normalized spacial score (nSPS) is 18.8. The van der Waals surface area contributed by atoms with Crippen LogP contribution in [0.3, 0.4) is 0 Å². The molecule has 3 nitrogen and oxygen atoms in total. The number of ketones is 1. The highest BCUT2D eigenvalue weighted by atomic mass is 16.4. The van der Waals surface area contributed by atoms with Gasteiger partial charge in [0.05, 0.1) is 0 Å². The predicted molar refractivity (Wildman–Crippen MR) is 64.0 cm³/mol. The fraction of sp³-hybridized carbons (Fsp3) is 0.429. The molecule has 0 amide bonds. The Morgan fingerprint density at radius 2 is 2.06 bits per heavy atom. The second kappa shape index (κ2) is 5.13. The van der Waals surface area contributed by atoms with Gasteiger partial charge in [0, 0.05) is 18.8 Å². The molecule has 0 aliphatic heterocycles. The Labute approximate surface area is 100 Å². The highest BCUT2D eigenvalue weighted by Gasteiger charge is 2.26. The quantitative estimate of drug-likeness (QED) is 0.867. The van der Waals surface area contributed by atoms with Crippen LogP contribution in [0.4, 0.5) is 0 Å². The predicted octanol–water partition coefficient (Wildman–Crippen LogP) is 2.54. The molecule has 17 heavy (non-hydrogen) atoms. The van der Waals surface area contributed by atoms with Crippen LogP contribution in [0.25, 0.3) is 0 Å². The number of hydrogen-bond acceptors (Lipinski definition) is 2. The summed E-state index contributed by atoms with van der Waals surface area (Å²) in [4.78, 5) is 22.4. The molecule has 0 saturated carbocycles. The van der Waals surface area contributed by atoms with E-state index in [2.05, 4.69) is 6.07 Å². The van der Waals surface area contributed by atoms with Crippen molar-refractivity contribution in [1.29, 1.82) is 0 Å². The Morgan fingerprint density at radius 1 is 1.29 bits per heavy atom. The van der Waals surface area contributed by atoms with Gasteiger partial charge in [0.15, 0.2) is 0 Å². The van der Waals surface area contributed by atoms with Gasteiger partial charge < -0.3 is 5.11 Å². The molecular weight excluding hydrogens is 216 g/mol. The summed E-state index contributed by atoms with van der Waals surface area (Å²) in [6.07, 6.45) is 2.79. The van der Waals surface area contributed by atoms with Gasteiger partial charge in [-0.2, -0.15) is 0 Å². The molecule has 1 aliphatic carbocycles. The lowest BCUT2D eigenvalue weighted by molar-refractivity contribution is -0.137. The molecule has 3 heteroatoms. The van der Waals surface area contributed by atoms with Gasteiger partial charge in [-0.25, -0.2) is 0 Å². The van der Waals surface area contributed by atoms with Gasteiger partial charge in [-0.1, -0.05) is 24.3 Å². The summed E-state index contributed by atoms with van der Waals surface area (Å²) in [5, 5.41) is 8.62. The number of fused-ring (bicyclic) bond motifs is 1. The maximum absolute atomic E-state index is 11.9. The van der Waals surface area contributed by atoms with Gasteiger partial charge in [0.2, 0.25) is 0 Å². The molecule has 0 heterocycles. The van der Waals surface area contributed by atoms with Gasteiger partial charge in [-0.15, -0.1) is 0 Å². The Hall–Kier alpha value is -1.64. The van der Waals surface area contributed by atoms with Crippen LogP contribution >= 0.6 is 0 Å². The van der Waals surface area contributed by atoms with Crippen LogP contribution in [0.5, 0.6) is 0 Å². The molecule has 1 atom stereocenters. The summed E-state index contributed by atoms with van der Waals surface area (Å²) < 4.78 is 0. The van der Waals surface area contributed by atoms with E-state index in [4.69, 9.17) is 5.11 Å². The maximum atomic E-state index is 11.9. The Bertz CT molecular complexity index is 437. The molecule has 1 aromatic rings. The van der Waals surface area contributed by atoms with Gasteiger partial charge in [0.1, 0.15) is 5.78 Å². The average Bonchev–Trinajstić information content (AvgIpc) is 2.32. The summed E-state index contributed by atoms with van der Waals surface area (Å²) in [7, 11) is 0. The lowest BCUT2D eigenvalue weighted by Gasteiger charge is -2.24. The van der Waals surface area contributed by atoms with Crippen molar-refractivity contribution >= 4 is 11.8 Å². The number of carboxylic acids is 1. The molecule has 1 aromatic carbocycles. The minimum Gasteiger partial charge on any atom is -0.481 e. The minimum atomic E-state index is -0.790. The number of aliphatic carboxylic acids is 1. The molecule has 90 valence electrons. The standard InChI is InChI=1S/C14H16O3/c15-13-9-8-10-4-1-2-5-11(10)12(13)6-3-7-14(16)17/h1-2,4-5,12H,3,6-9H2,(H,16,17). The van der Waals surface area contributed by atoms with Crippen molar-refractivity contribution in [1.82, 2.24) is 0 Å². The van der Waals surface area contributed by atoms with Crippen LogP contribution in [-0.2, 0) is 16.0 Å². The van der Waals surface area contributed by atoms with Crippen LogP contribution in [0.2, 0.25) is 0 Å². The molecule has 0 spiro atoms. The van der Waals surface area contributed by atoms with E-state index < -0.39 is 5.97 Å². The average molecular weight is 232 g/mol. The highest BCUT2D eigenvalue weighted by Crippen LogP contribution is 2.32. The largest absolute Gasteiger partial charge is 0.481 e. The second-order valence-corrected chi connectivity index (χ2v) is 4.50. The Balaban J connectivity index is 2.10. The molecular formula is C14H16O3. The molecule has 2 rings (SSSR count). The molecule has 0 aromatic heterocycles. The summed E-state index contributed by atoms with van der Waals surface area (Å²) in [6, 6.07) is 7.99. The van der Waals surface area contributed by atoms with Crippen molar-refractivity contribution < 1.29 is 14.7 Å². The third kappa shape index (κ3) is 2.73. The summed E-state index contributed by atoms with van der Waals surface area (Å²) in [5.74, 6) is -0.616. The first-order valence-corrected chi connectivity index (χ1v) is 6.01. The number of Topliss-reactive ketones (excluding diaryl/α,β-unsaturated/α-hetero) is 1. The van der Waals surface area contributed by atoms with E-state index in [9.17, 15) is 9.59 Å². The smallest absolute Gasteiger partial charge is 0.303 e. The van der Waals surface area contributed by atoms with E-state index in [0.29, 0.717) is 19.3 Å². The van der Waals surface area contributed by atoms with Gasteiger partial charge in [0.25, 0.3) is 0 Å². The van der Waals surface area contributed by atoms with E-state index in [-0.39, 0.29) is 18.1 Å². The summed E-state index contributed by atoms with van der Waals surface area (Å²) in [6.45, 7) is 0. The minimum absolute atomic E-state index is 0.0840. The lowest BCUT2D eigenvalue weighted by Crippen LogP contribution is -2.20. The molecule has 1 N–H and O–H groups in total. The molecule has 0 fully saturated rings. The van der Waals surface area contributed by atoms with Crippen molar-refractivity contribution in [2.24, 2.45) is 0 Å². The highest BCUT2D eigenvalue weighted by molar-refractivity contribution is 5.88. The first kappa shape index (κ1) is 11.8. The van der Waals surface area contributed by atoms with Crippen LogP contribution in [-0.4, -0.2) is 16.9 Å². The monoisotopic (exact) mass is 232 g/mol. The molecule has 0 saturated heterocycles. The Morgan fingerprint density at radius 3 is 2.82 bits per heavy atom. The van der Waals surface area contributed by atoms with Crippen LogP contribution < -0.4 is 0 Å². The number of carboxylic acid groups (broad SMARTS) is 1. The van der Waals surface area contributed by atoms with Crippen molar-refractivity contribution in [3.8, 4) is 0 Å². The van der Waals surface area contributed by atoms with E-state index in [1.165, 1.54) is 5.56 Å². The SMILES string of the molecule is O=C(O)CCCC1C(=O)CCc2ccccc21. The van der Waals surface area contributed by atoms with E-state index in [0.717, 1.165) is 12.0 Å². The third-order valence-electron chi connectivity index (χ3n) is 3.34. The van der Waals surface area contributed by atoms with Crippen LogP contribution in [0.1, 0.15) is 42.7 Å². The van der Waals surface area contributed by atoms with Gasteiger partial charge in [-0.05, 0) is 30.4 Å². The molecule has 1 unspecified atom stereocenters. The van der Waals surface area contributed by atoms with E-state index in [1.54, 1.807) is 0 Å². The fourth-order valence-corrected chi connectivity index (χ4v) is 2.48. The van der Waals surface area contributed by atoms with Gasteiger partial charge >= 0.3 is 5.97 Å². The fourth-order valence-electron chi connectivity index (χ4n) is 2.48. The molecule has 1 aliphatic rings. The number of hydrogen-bond donors (Lipinski definition) is 1. The molecule has 0 radical (unpaired) electrons. The topological polar surface area (TPSA) is 54.4 Å².